The zero-order valence-electron chi connectivity index (χ0n) is 11.8. The van der Waals surface area contributed by atoms with Crippen molar-refractivity contribution in [1.29, 1.82) is 0 Å². The van der Waals surface area contributed by atoms with Crippen LogP contribution in [0.5, 0.6) is 0 Å². The number of piperidine rings is 1. The van der Waals surface area contributed by atoms with E-state index in [2.05, 4.69) is 25.8 Å². The van der Waals surface area contributed by atoms with E-state index >= 15 is 0 Å². The second-order valence-corrected chi connectivity index (χ2v) is 6.12. The third kappa shape index (κ3) is 3.47. The van der Waals surface area contributed by atoms with Crippen LogP contribution in [0.4, 0.5) is 0 Å². The smallest absolute Gasteiger partial charge is 0.254 e. The van der Waals surface area contributed by atoms with E-state index in [1.165, 1.54) is 0 Å². The van der Waals surface area contributed by atoms with Crippen LogP contribution in [0, 0.1) is 5.92 Å². The quantitative estimate of drug-likeness (QED) is 0.774. The lowest BCUT2D eigenvalue weighted by molar-refractivity contribution is 0.0697. The second-order valence-electron chi connectivity index (χ2n) is 5.73. The standard InChI is InChI=1S/C15H21ClN2O/c1-10(2)13-8-12(9-14(16)17-13)15(19)18-6-4-11(3)5-7-18/h8-11H,4-7H2,1-3H3. The first-order chi connectivity index (χ1) is 8.97. The first kappa shape index (κ1) is 14.3. The van der Waals surface area contributed by atoms with Crippen LogP contribution in [-0.4, -0.2) is 28.9 Å². The van der Waals surface area contributed by atoms with E-state index in [4.69, 9.17) is 11.6 Å². The van der Waals surface area contributed by atoms with Crippen molar-refractivity contribution in [1.82, 2.24) is 9.88 Å². The summed E-state index contributed by atoms with van der Waals surface area (Å²) in [5, 5.41) is 0.403. The molecular formula is C15H21ClN2O. The third-order valence-electron chi connectivity index (χ3n) is 3.72. The van der Waals surface area contributed by atoms with Gasteiger partial charge in [-0.2, -0.15) is 0 Å². The minimum absolute atomic E-state index is 0.0816. The number of carbonyl (C=O) groups is 1. The van der Waals surface area contributed by atoms with Crippen molar-refractivity contribution in [3.8, 4) is 0 Å². The Morgan fingerprint density at radius 3 is 2.58 bits per heavy atom. The molecule has 2 rings (SSSR count). The molecule has 0 aromatic carbocycles. The van der Waals surface area contributed by atoms with Crippen LogP contribution in [0.2, 0.25) is 5.15 Å². The average Bonchev–Trinajstić information content (AvgIpc) is 2.38. The molecule has 0 atom stereocenters. The van der Waals surface area contributed by atoms with Gasteiger partial charge in [-0.25, -0.2) is 4.98 Å². The first-order valence-electron chi connectivity index (χ1n) is 6.94. The number of likely N-dealkylation sites (tertiary alicyclic amines) is 1. The maximum atomic E-state index is 12.5. The summed E-state index contributed by atoms with van der Waals surface area (Å²) in [4.78, 5) is 18.7. The first-order valence-corrected chi connectivity index (χ1v) is 7.32. The van der Waals surface area contributed by atoms with Crippen molar-refractivity contribution >= 4 is 17.5 Å². The molecule has 0 radical (unpaired) electrons. The van der Waals surface area contributed by atoms with Gasteiger partial charge in [0.15, 0.2) is 0 Å². The largest absolute Gasteiger partial charge is 0.339 e. The molecule has 1 aliphatic heterocycles. The van der Waals surface area contributed by atoms with Gasteiger partial charge in [0, 0.05) is 24.3 Å². The van der Waals surface area contributed by atoms with Crippen LogP contribution in [0.1, 0.15) is 55.6 Å². The summed E-state index contributed by atoms with van der Waals surface area (Å²) < 4.78 is 0. The highest BCUT2D eigenvalue weighted by Gasteiger charge is 2.22. The van der Waals surface area contributed by atoms with Gasteiger partial charge in [0.05, 0.1) is 0 Å². The van der Waals surface area contributed by atoms with Crippen molar-refractivity contribution in [3.63, 3.8) is 0 Å². The molecular weight excluding hydrogens is 260 g/mol. The average molecular weight is 281 g/mol. The predicted octanol–water partition coefficient (Wildman–Crippen LogP) is 3.73. The van der Waals surface area contributed by atoms with Crippen molar-refractivity contribution in [2.75, 3.05) is 13.1 Å². The fraction of sp³-hybridized carbons (Fsp3) is 0.600. The molecule has 4 heteroatoms. The van der Waals surface area contributed by atoms with Crippen molar-refractivity contribution in [3.05, 3.63) is 28.5 Å². The Labute approximate surface area is 120 Å². The van der Waals surface area contributed by atoms with Crippen LogP contribution >= 0.6 is 11.6 Å². The maximum Gasteiger partial charge on any atom is 0.254 e. The van der Waals surface area contributed by atoms with Gasteiger partial charge >= 0.3 is 0 Å². The summed E-state index contributed by atoms with van der Waals surface area (Å²) in [5.41, 5.74) is 1.54. The lowest BCUT2D eigenvalue weighted by Gasteiger charge is -2.30. The zero-order chi connectivity index (χ0) is 14.0. The van der Waals surface area contributed by atoms with Crippen LogP contribution in [-0.2, 0) is 0 Å². The normalized spacial score (nSPS) is 17.0. The molecule has 19 heavy (non-hydrogen) atoms. The topological polar surface area (TPSA) is 33.2 Å². The lowest BCUT2D eigenvalue weighted by atomic mass is 9.98. The SMILES string of the molecule is CC1CCN(C(=O)c2cc(Cl)nc(C(C)C)c2)CC1. The number of amides is 1. The van der Waals surface area contributed by atoms with Crippen molar-refractivity contribution in [2.45, 2.75) is 39.5 Å². The van der Waals surface area contributed by atoms with E-state index in [0.717, 1.165) is 37.5 Å². The van der Waals surface area contributed by atoms with E-state index < -0.39 is 0 Å². The monoisotopic (exact) mass is 280 g/mol. The molecule has 0 aliphatic carbocycles. The molecule has 3 nitrogen and oxygen atoms in total. The van der Waals surface area contributed by atoms with E-state index in [-0.39, 0.29) is 11.8 Å². The molecule has 1 amide bonds. The van der Waals surface area contributed by atoms with Crippen molar-refractivity contribution < 1.29 is 4.79 Å². The molecule has 1 aromatic heterocycles. The Bertz CT molecular complexity index is 465. The van der Waals surface area contributed by atoms with Gasteiger partial charge in [-0.05, 0) is 36.8 Å². The van der Waals surface area contributed by atoms with E-state index in [9.17, 15) is 4.79 Å². The van der Waals surface area contributed by atoms with E-state index in [1.54, 1.807) is 6.07 Å². The molecule has 1 aliphatic rings. The summed E-state index contributed by atoms with van der Waals surface area (Å²) in [7, 11) is 0. The minimum Gasteiger partial charge on any atom is -0.339 e. The van der Waals surface area contributed by atoms with E-state index in [0.29, 0.717) is 10.7 Å². The maximum absolute atomic E-state index is 12.5. The Hall–Kier alpha value is -1.09. The van der Waals surface area contributed by atoms with Crippen molar-refractivity contribution in [2.24, 2.45) is 5.92 Å². The number of carbonyl (C=O) groups excluding carboxylic acids is 1. The van der Waals surface area contributed by atoms with Crippen LogP contribution in [0.15, 0.2) is 12.1 Å². The Balaban J connectivity index is 2.19. The lowest BCUT2D eigenvalue weighted by Crippen LogP contribution is -2.38. The summed E-state index contributed by atoms with van der Waals surface area (Å²) in [6.07, 6.45) is 2.17. The van der Waals surface area contributed by atoms with Crippen LogP contribution < -0.4 is 0 Å². The summed E-state index contributed by atoms with van der Waals surface area (Å²) in [5.74, 6) is 1.07. The molecule has 104 valence electrons. The molecule has 0 N–H and O–H groups in total. The van der Waals surface area contributed by atoms with Gasteiger partial charge in [0.25, 0.3) is 5.91 Å². The molecule has 0 unspecified atom stereocenters. The third-order valence-corrected chi connectivity index (χ3v) is 3.92. The predicted molar refractivity (Wildman–Crippen MR) is 77.6 cm³/mol. The number of hydrogen-bond donors (Lipinski definition) is 0. The Morgan fingerprint density at radius 2 is 2.00 bits per heavy atom. The Kier molecular flexibility index (Phi) is 4.46. The van der Waals surface area contributed by atoms with Gasteiger partial charge in [-0.3, -0.25) is 4.79 Å². The number of hydrogen-bond acceptors (Lipinski definition) is 2. The molecule has 0 bridgehead atoms. The zero-order valence-corrected chi connectivity index (χ0v) is 12.6. The number of nitrogens with zero attached hydrogens (tertiary/aromatic N) is 2. The molecule has 1 saturated heterocycles. The number of pyridine rings is 1. The highest BCUT2D eigenvalue weighted by atomic mass is 35.5. The minimum atomic E-state index is 0.0816. The highest BCUT2D eigenvalue weighted by molar-refractivity contribution is 6.29. The number of aromatic nitrogens is 1. The second kappa shape index (κ2) is 5.91. The highest BCUT2D eigenvalue weighted by Crippen LogP contribution is 2.22. The van der Waals surface area contributed by atoms with Gasteiger partial charge in [-0.1, -0.05) is 32.4 Å². The van der Waals surface area contributed by atoms with Gasteiger partial charge in [-0.15, -0.1) is 0 Å². The summed E-state index contributed by atoms with van der Waals surface area (Å²) in [6.45, 7) is 8.03. The van der Waals surface area contributed by atoms with Gasteiger partial charge in [0.2, 0.25) is 0 Å². The van der Waals surface area contributed by atoms with Crippen LogP contribution in [0.25, 0.3) is 0 Å². The summed E-state index contributed by atoms with van der Waals surface area (Å²) in [6, 6.07) is 3.55. The van der Waals surface area contributed by atoms with Crippen LogP contribution in [0.3, 0.4) is 0 Å². The van der Waals surface area contributed by atoms with E-state index in [1.807, 2.05) is 11.0 Å². The number of halogens is 1. The molecule has 2 heterocycles. The van der Waals surface area contributed by atoms with Gasteiger partial charge < -0.3 is 4.90 Å². The molecule has 0 saturated carbocycles. The Morgan fingerprint density at radius 1 is 1.37 bits per heavy atom. The fourth-order valence-corrected chi connectivity index (χ4v) is 2.55. The number of rotatable bonds is 2. The fourth-order valence-electron chi connectivity index (χ4n) is 2.33. The summed E-state index contributed by atoms with van der Waals surface area (Å²) >= 11 is 6.02. The molecule has 0 spiro atoms. The molecule has 1 fully saturated rings. The van der Waals surface area contributed by atoms with Gasteiger partial charge in [0.1, 0.15) is 5.15 Å². The molecule has 1 aromatic rings.